The van der Waals surface area contributed by atoms with Crippen LogP contribution < -0.4 is 16.4 Å². The van der Waals surface area contributed by atoms with Crippen LogP contribution in [-0.4, -0.2) is 50.8 Å². The molecule has 1 heterocycles. The molecule has 2 atom stereocenters. The Hall–Kier alpha value is -2.91. The quantitative estimate of drug-likeness (QED) is 0.347. The van der Waals surface area contributed by atoms with Gasteiger partial charge in [-0.25, -0.2) is 4.98 Å². The maximum Gasteiger partial charge on any atom is 0.303 e. The highest BCUT2D eigenvalue weighted by molar-refractivity contribution is 5.91. The minimum absolute atomic E-state index is 0.0253. The Labute approximate surface area is 150 Å². The molecular formula is C16H25N5O5. The summed E-state index contributed by atoms with van der Waals surface area (Å²) in [5.74, 6) is -2.88. The molecule has 0 aliphatic rings. The number of nitrogens with one attached hydrogen (secondary N) is 3. The average molecular weight is 367 g/mol. The van der Waals surface area contributed by atoms with Crippen LogP contribution >= 0.6 is 0 Å². The molecule has 3 amide bonds. The molecule has 1 aromatic heterocycles. The van der Waals surface area contributed by atoms with Gasteiger partial charge in [-0.15, -0.1) is 0 Å². The Balaban J connectivity index is 2.76. The SMILES string of the molecule is CC(C)C(NC(=O)C(Cc1cnc[nH]1)NC(=O)CCCC(=O)O)C(N)=O. The first-order valence-corrected chi connectivity index (χ1v) is 8.28. The van der Waals surface area contributed by atoms with Gasteiger partial charge in [0.2, 0.25) is 17.7 Å². The van der Waals surface area contributed by atoms with E-state index >= 15 is 0 Å². The summed E-state index contributed by atoms with van der Waals surface area (Å²) in [6, 6.07) is -1.82. The lowest BCUT2D eigenvalue weighted by Crippen LogP contribution is -2.55. The van der Waals surface area contributed by atoms with E-state index in [-0.39, 0.29) is 31.6 Å². The number of carboxylic acids is 1. The number of nitrogens with two attached hydrogens (primary N) is 1. The van der Waals surface area contributed by atoms with Gasteiger partial charge in [-0.3, -0.25) is 19.2 Å². The van der Waals surface area contributed by atoms with E-state index in [1.807, 2.05) is 0 Å². The van der Waals surface area contributed by atoms with Crippen molar-refractivity contribution >= 4 is 23.7 Å². The van der Waals surface area contributed by atoms with E-state index in [9.17, 15) is 19.2 Å². The fourth-order valence-electron chi connectivity index (χ4n) is 2.31. The van der Waals surface area contributed by atoms with E-state index in [0.29, 0.717) is 5.69 Å². The fraction of sp³-hybridized carbons (Fsp3) is 0.562. The van der Waals surface area contributed by atoms with Gasteiger partial charge in [0, 0.05) is 31.2 Å². The molecule has 144 valence electrons. The van der Waals surface area contributed by atoms with Gasteiger partial charge in [-0.1, -0.05) is 13.8 Å². The molecule has 10 heteroatoms. The first-order chi connectivity index (χ1) is 12.2. The molecule has 26 heavy (non-hydrogen) atoms. The number of carbonyl (C=O) groups is 4. The van der Waals surface area contributed by atoms with Crippen LogP contribution in [0, 0.1) is 5.92 Å². The van der Waals surface area contributed by atoms with Gasteiger partial charge in [0.05, 0.1) is 6.33 Å². The van der Waals surface area contributed by atoms with Crippen molar-refractivity contribution < 1.29 is 24.3 Å². The number of carbonyl (C=O) groups excluding carboxylic acids is 3. The summed E-state index contributed by atoms with van der Waals surface area (Å²) in [5.41, 5.74) is 5.93. The van der Waals surface area contributed by atoms with Crippen molar-refractivity contribution in [1.29, 1.82) is 0 Å². The van der Waals surface area contributed by atoms with E-state index in [2.05, 4.69) is 20.6 Å². The number of amides is 3. The largest absolute Gasteiger partial charge is 0.481 e. The molecule has 2 unspecified atom stereocenters. The first-order valence-electron chi connectivity index (χ1n) is 8.28. The molecule has 0 aliphatic carbocycles. The smallest absolute Gasteiger partial charge is 0.303 e. The van der Waals surface area contributed by atoms with Crippen LogP contribution in [0.25, 0.3) is 0 Å². The zero-order valence-corrected chi connectivity index (χ0v) is 14.8. The zero-order chi connectivity index (χ0) is 19.7. The number of primary amides is 1. The van der Waals surface area contributed by atoms with Crippen molar-refractivity contribution in [3.8, 4) is 0 Å². The molecule has 1 aromatic rings. The summed E-state index contributed by atoms with van der Waals surface area (Å²) in [4.78, 5) is 53.3. The maximum absolute atomic E-state index is 12.5. The average Bonchev–Trinajstić information content (AvgIpc) is 3.03. The maximum atomic E-state index is 12.5. The molecule has 0 spiro atoms. The van der Waals surface area contributed by atoms with Crippen molar-refractivity contribution in [2.75, 3.05) is 0 Å². The summed E-state index contributed by atoms with van der Waals surface area (Å²) < 4.78 is 0. The highest BCUT2D eigenvalue weighted by atomic mass is 16.4. The van der Waals surface area contributed by atoms with Crippen LogP contribution in [0.1, 0.15) is 38.8 Å². The van der Waals surface area contributed by atoms with Crippen molar-refractivity contribution in [3.63, 3.8) is 0 Å². The van der Waals surface area contributed by atoms with Gasteiger partial charge < -0.3 is 26.5 Å². The second-order valence-corrected chi connectivity index (χ2v) is 6.28. The molecule has 10 nitrogen and oxygen atoms in total. The Kier molecular flexibility index (Phi) is 8.26. The Morgan fingerprint density at radius 1 is 1.23 bits per heavy atom. The Bertz CT molecular complexity index is 629. The molecular weight excluding hydrogens is 342 g/mol. The van der Waals surface area contributed by atoms with Crippen molar-refractivity contribution in [1.82, 2.24) is 20.6 Å². The molecule has 6 N–H and O–H groups in total. The van der Waals surface area contributed by atoms with E-state index < -0.39 is 35.8 Å². The van der Waals surface area contributed by atoms with Gasteiger partial charge >= 0.3 is 5.97 Å². The lowest BCUT2D eigenvalue weighted by atomic mass is 10.0. The fourth-order valence-corrected chi connectivity index (χ4v) is 2.31. The predicted octanol–water partition coefficient (Wildman–Crippen LogP) is -0.682. The molecule has 0 radical (unpaired) electrons. The van der Waals surface area contributed by atoms with E-state index in [4.69, 9.17) is 10.8 Å². The van der Waals surface area contributed by atoms with Gasteiger partial charge in [0.25, 0.3) is 0 Å². The molecule has 0 saturated carbocycles. The summed E-state index contributed by atoms with van der Waals surface area (Å²) in [6.07, 6.45) is 3.10. The Morgan fingerprint density at radius 3 is 2.42 bits per heavy atom. The highest BCUT2D eigenvalue weighted by Gasteiger charge is 2.27. The molecule has 0 saturated heterocycles. The third kappa shape index (κ3) is 7.32. The van der Waals surface area contributed by atoms with E-state index in [1.165, 1.54) is 12.5 Å². The topological polar surface area (TPSA) is 167 Å². The number of aromatic nitrogens is 2. The summed E-state index contributed by atoms with van der Waals surface area (Å²) in [5, 5.41) is 13.7. The number of carboxylic acid groups (broad SMARTS) is 1. The van der Waals surface area contributed by atoms with E-state index in [1.54, 1.807) is 13.8 Å². The number of H-pyrrole nitrogens is 1. The summed E-state index contributed by atoms with van der Waals surface area (Å²) in [6.45, 7) is 3.48. The first kappa shape index (κ1) is 21.1. The van der Waals surface area contributed by atoms with Crippen LogP contribution in [0.3, 0.4) is 0 Å². The highest BCUT2D eigenvalue weighted by Crippen LogP contribution is 2.05. The Morgan fingerprint density at radius 2 is 1.92 bits per heavy atom. The number of aliphatic carboxylic acids is 1. The summed E-state index contributed by atoms with van der Waals surface area (Å²) >= 11 is 0. The van der Waals surface area contributed by atoms with Crippen LogP contribution in [0.4, 0.5) is 0 Å². The van der Waals surface area contributed by atoms with Crippen molar-refractivity contribution in [2.24, 2.45) is 11.7 Å². The van der Waals surface area contributed by atoms with Gasteiger partial charge in [-0.2, -0.15) is 0 Å². The molecule has 0 aromatic carbocycles. The third-order valence-corrected chi connectivity index (χ3v) is 3.70. The zero-order valence-electron chi connectivity index (χ0n) is 14.8. The second kappa shape index (κ2) is 10.2. The molecule has 0 fully saturated rings. The summed E-state index contributed by atoms with van der Waals surface area (Å²) in [7, 11) is 0. The third-order valence-electron chi connectivity index (χ3n) is 3.70. The number of rotatable bonds is 11. The molecule has 0 bridgehead atoms. The monoisotopic (exact) mass is 367 g/mol. The standard InChI is InChI=1S/C16H25N5O5/c1-9(2)14(15(17)25)21-16(26)11(6-10-7-18-8-19-10)20-12(22)4-3-5-13(23)24/h7-9,11,14H,3-6H2,1-2H3,(H2,17,25)(H,18,19)(H,20,22)(H,21,26)(H,23,24). The lowest BCUT2D eigenvalue weighted by Gasteiger charge is -2.23. The minimum atomic E-state index is -0.995. The number of aromatic amines is 1. The minimum Gasteiger partial charge on any atom is -0.481 e. The van der Waals surface area contributed by atoms with Crippen LogP contribution in [0.5, 0.6) is 0 Å². The molecule has 1 rings (SSSR count). The van der Waals surface area contributed by atoms with Gasteiger partial charge in [-0.05, 0) is 12.3 Å². The number of nitrogens with zero attached hydrogens (tertiary/aromatic N) is 1. The normalized spacial score (nSPS) is 13.0. The second-order valence-electron chi connectivity index (χ2n) is 6.28. The predicted molar refractivity (Wildman–Crippen MR) is 91.7 cm³/mol. The van der Waals surface area contributed by atoms with E-state index in [0.717, 1.165) is 0 Å². The van der Waals surface area contributed by atoms with Crippen molar-refractivity contribution in [3.05, 3.63) is 18.2 Å². The number of hydrogen-bond acceptors (Lipinski definition) is 5. The van der Waals surface area contributed by atoms with Gasteiger partial charge in [0.15, 0.2) is 0 Å². The number of imidazole rings is 1. The van der Waals surface area contributed by atoms with Crippen LogP contribution in [-0.2, 0) is 25.6 Å². The van der Waals surface area contributed by atoms with Crippen LogP contribution in [0.15, 0.2) is 12.5 Å². The number of hydrogen-bond donors (Lipinski definition) is 5. The van der Waals surface area contributed by atoms with Gasteiger partial charge in [0.1, 0.15) is 12.1 Å². The molecule has 0 aliphatic heterocycles. The van der Waals surface area contributed by atoms with Crippen molar-refractivity contribution in [2.45, 2.75) is 51.6 Å². The van der Waals surface area contributed by atoms with Crippen LogP contribution in [0.2, 0.25) is 0 Å². The lowest BCUT2D eigenvalue weighted by molar-refractivity contribution is -0.137.